The number of aliphatic hydroxyl groups is 2. The van der Waals surface area contributed by atoms with Crippen molar-refractivity contribution in [3.05, 3.63) is 35.9 Å². The first-order valence-electron chi connectivity index (χ1n) is 11.0. The average Bonchev–Trinajstić information content (AvgIpc) is 2.77. The van der Waals surface area contributed by atoms with E-state index < -0.39 is 12.1 Å². The summed E-state index contributed by atoms with van der Waals surface area (Å²) in [5.74, 6) is 1.36. The molecule has 0 bridgehead atoms. The maximum absolute atomic E-state index is 12.8. The number of benzene rings is 1. The number of nitrogens with one attached hydrogen (secondary N) is 2. The lowest BCUT2D eigenvalue weighted by Crippen LogP contribution is -2.53. The number of piperidine rings is 1. The normalized spacial score (nSPS) is 25.8. The molecule has 1 aromatic carbocycles. The first-order valence-corrected chi connectivity index (χ1v) is 11.0. The van der Waals surface area contributed by atoms with Crippen LogP contribution in [-0.2, 0) is 4.79 Å². The molecule has 2 fully saturated rings. The quantitative estimate of drug-likeness (QED) is 0.552. The first kappa shape index (κ1) is 21.3. The molecular formula is C23H36N2O3. The predicted octanol–water partition coefficient (Wildman–Crippen LogP) is 2.93. The van der Waals surface area contributed by atoms with Crippen molar-refractivity contribution in [2.75, 3.05) is 13.2 Å². The van der Waals surface area contributed by atoms with E-state index in [0.717, 1.165) is 25.3 Å². The lowest BCUT2D eigenvalue weighted by atomic mass is 9.81. The monoisotopic (exact) mass is 388 g/mol. The van der Waals surface area contributed by atoms with Gasteiger partial charge in [0.2, 0.25) is 5.91 Å². The van der Waals surface area contributed by atoms with Gasteiger partial charge in [0.1, 0.15) is 6.10 Å². The molecule has 5 heteroatoms. The van der Waals surface area contributed by atoms with Crippen molar-refractivity contribution in [1.29, 1.82) is 0 Å². The maximum atomic E-state index is 12.8. The van der Waals surface area contributed by atoms with E-state index in [1.165, 1.54) is 44.9 Å². The molecule has 3 rings (SSSR count). The van der Waals surface area contributed by atoms with Crippen LogP contribution >= 0.6 is 0 Å². The van der Waals surface area contributed by atoms with E-state index in [1.807, 2.05) is 18.2 Å². The standard InChI is InChI=1S/C23H36N2O3/c26-16-21(22(27)19-9-5-2-6-10-19)25-23(28)20-15-18(13-14-24-20)12-11-17-7-3-1-4-8-17/h2,5-6,9-10,17-18,20-22,24,26-27H,1,3-4,7-8,11-16H2,(H,25,28)/t18-,20+,21+,22+/m0/s1. The molecule has 1 saturated carbocycles. The lowest BCUT2D eigenvalue weighted by molar-refractivity contribution is -0.126. The van der Waals surface area contributed by atoms with Gasteiger partial charge in [0.15, 0.2) is 0 Å². The van der Waals surface area contributed by atoms with Gasteiger partial charge in [0, 0.05) is 0 Å². The molecule has 0 spiro atoms. The Balaban J connectivity index is 1.48. The molecule has 0 radical (unpaired) electrons. The predicted molar refractivity (Wildman–Crippen MR) is 111 cm³/mol. The van der Waals surface area contributed by atoms with Gasteiger partial charge in [-0.05, 0) is 36.8 Å². The van der Waals surface area contributed by atoms with Crippen LogP contribution in [0.4, 0.5) is 0 Å². The third-order valence-electron chi connectivity index (χ3n) is 6.58. The highest BCUT2D eigenvalue weighted by atomic mass is 16.3. The molecule has 1 amide bonds. The van der Waals surface area contributed by atoms with Gasteiger partial charge >= 0.3 is 0 Å². The molecule has 1 aliphatic heterocycles. The second kappa shape index (κ2) is 10.9. The molecular weight excluding hydrogens is 352 g/mol. The van der Waals surface area contributed by atoms with Crippen LogP contribution in [0.2, 0.25) is 0 Å². The Labute approximate surface area is 168 Å². The number of aliphatic hydroxyl groups excluding tert-OH is 2. The van der Waals surface area contributed by atoms with Gasteiger partial charge in [-0.1, -0.05) is 75.3 Å². The van der Waals surface area contributed by atoms with Gasteiger partial charge in [-0.3, -0.25) is 4.79 Å². The second-order valence-electron chi connectivity index (χ2n) is 8.63. The molecule has 1 aromatic rings. The van der Waals surface area contributed by atoms with Crippen LogP contribution < -0.4 is 10.6 Å². The van der Waals surface area contributed by atoms with Crippen LogP contribution in [0.25, 0.3) is 0 Å². The summed E-state index contributed by atoms with van der Waals surface area (Å²) in [5.41, 5.74) is 0.698. The number of rotatable bonds is 8. The van der Waals surface area contributed by atoms with E-state index in [-0.39, 0.29) is 18.6 Å². The highest BCUT2D eigenvalue weighted by Gasteiger charge is 2.30. The molecule has 28 heavy (non-hydrogen) atoms. The average molecular weight is 389 g/mol. The third-order valence-corrected chi connectivity index (χ3v) is 6.58. The molecule has 156 valence electrons. The van der Waals surface area contributed by atoms with E-state index in [2.05, 4.69) is 10.6 Å². The van der Waals surface area contributed by atoms with Crippen molar-refractivity contribution in [3.8, 4) is 0 Å². The SMILES string of the molecule is O=C(N[C@H](CO)[C@H](O)c1ccccc1)[C@H]1C[C@@H](CCC2CCCCC2)CCN1. The van der Waals surface area contributed by atoms with Gasteiger partial charge in [-0.15, -0.1) is 0 Å². The molecule has 4 atom stereocenters. The number of hydrogen-bond acceptors (Lipinski definition) is 4. The molecule has 4 N–H and O–H groups in total. The summed E-state index contributed by atoms with van der Waals surface area (Å²) in [4.78, 5) is 12.8. The summed E-state index contributed by atoms with van der Waals surface area (Å²) >= 11 is 0. The van der Waals surface area contributed by atoms with Crippen LogP contribution in [0, 0.1) is 11.8 Å². The smallest absolute Gasteiger partial charge is 0.237 e. The summed E-state index contributed by atoms with van der Waals surface area (Å²) in [7, 11) is 0. The van der Waals surface area contributed by atoms with Crippen molar-refractivity contribution in [3.63, 3.8) is 0 Å². The van der Waals surface area contributed by atoms with Gasteiger partial charge in [-0.25, -0.2) is 0 Å². The molecule has 0 unspecified atom stereocenters. The zero-order valence-electron chi connectivity index (χ0n) is 16.9. The highest BCUT2D eigenvalue weighted by molar-refractivity contribution is 5.82. The van der Waals surface area contributed by atoms with E-state index in [4.69, 9.17) is 0 Å². The second-order valence-corrected chi connectivity index (χ2v) is 8.63. The zero-order chi connectivity index (χ0) is 19.8. The summed E-state index contributed by atoms with van der Waals surface area (Å²) in [6.07, 6.45) is 10.5. The fraction of sp³-hybridized carbons (Fsp3) is 0.696. The number of carbonyl (C=O) groups excluding carboxylic acids is 1. The van der Waals surface area contributed by atoms with Gasteiger partial charge < -0.3 is 20.8 Å². The van der Waals surface area contributed by atoms with Gasteiger partial charge in [0.05, 0.1) is 18.7 Å². The maximum Gasteiger partial charge on any atom is 0.237 e. The fourth-order valence-electron chi connectivity index (χ4n) is 4.80. The molecule has 5 nitrogen and oxygen atoms in total. The topological polar surface area (TPSA) is 81.6 Å². The molecule has 1 saturated heterocycles. The van der Waals surface area contributed by atoms with E-state index >= 15 is 0 Å². The minimum atomic E-state index is -0.916. The molecule has 0 aromatic heterocycles. The number of hydrogen-bond donors (Lipinski definition) is 4. The fourth-order valence-corrected chi connectivity index (χ4v) is 4.80. The number of amides is 1. The van der Waals surface area contributed by atoms with Crippen LogP contribution in [0.5, 0.6) is 0 Å². The summed E-state index contributed by atoms with van der Waals surface area (Å²) < 4.78 is 0. The Hall–Kier alpha value is -1.43. The van der Waals surface area contributed by atoms with Crippen LogP contribution in [-0.4, -0.2) is 41.4 Å². The van der Waals surface area contributed by atoms with Crippen molar-refractivity contribution in [2.45, 2.75) is 76.0 Å². The van der Waals surface area contributed by atoms with Crippen LogP contribution in [0.1, 0.15) is 69.5 Å². The molecule has 2 aliphatic rings. The van der Waals surface area contributed by atoms with Gasteiger partial charge in [-0.2, -0.15) is 0 Å². The van der Waals surface area contributed by atoms with Crippen LogP contribution in [0.3, 0.4) is 0 Å². The molecule has 1 heterocycles. The summed E-state index contributed by atoms with van der Waals surface area (Å²) in [5, 5.41) is 26.4. The lowest BCUT2D eigenvalue weighted by Gasteiger charge is -2.32. The Morgan fingerprint density at radius 3 is 2.50 bits per heavy atom. The van der Waals surface area contributed by atoms with Gasteiger partial charge in [0.25, 0.3) is 0 Å². The minimum Gasteiger partial charge on any atom is -0.394 e. The molecule has 1 aliphatic carbocycles. The number of carbonyl (C=O) groups is 1. The highest BCUT2D eigenvalue weighted by Crippen LogP contribution is 2.31. The Morgan fingerprint density at radius 1 is 1.07 bits per heavy atom. The van der Waals surface area contributed by atoms with Crippen molar-refractivity contribution < 1.29 is 15.0 Å². The third kappa shape index (κ3) is 6.03. The van der Waals surface area contributed by atoms with Crippen molar-refractivity contribution >= 4 is 5.91 Å². The van der Waals surface area contributed by atoms with E-state index in [9.17, 15) is 15.0 Å². The van der Waals surface area contributed by atoms with Crippen LogP contribution in [0.15, 0.2) is 30.3 Å². The largest absolute Gasteiger partial charge is 0.394 e. The van der Waals surface area contributed by atoms with E-state index in [0.29, 0.717) is 11.5 Å². The minimum absolute atomic E-state index is 0.114. The Morgan fingerprint density at radius 2 is 1.79 bits per heavy atom. The first-order chi connectivity index (χ1) is 13.7. The summed E-state index contributed by atoms with van der Waals surface area (Å²) in [6, 6.07) is 8.24. The zero-order valence-corrected chi connectivity index (χ0v) is 16.9. The Kier molecular flexibility index (Phi) is 8.31. The Bertz CT molecular complexity index is 589. The van der Waals surface area contributed by atoms with Crippen molar-refractivity contribution in [1.82, 2.24) is 10.6 Å². The summed E-state index contributed by atoms with van der Waals surface area (Å²) in [6.45, 7) is 0.568. The van der Waals surface area contributed by atoms with E-state index in [1.54, 1.807) is 12.1 Å². The van der Waals surface area contributed by atoms with Crippen molar-refractivity contribution in [2.24, 2.45) is 11.8 Å².